The molecule has 0 spiro atoms. The Hall–Kier alpha value is -1.79. The first-order valence-corrected chi connectivity index (χ1v) is 8.70. The normalized spacial score (nSPS) is 15.3. The molecular formula is C17H25ClN4O2. The number of piperazine rings is 1. The summed E-state index contributed by atoms with van der Waals surface area (Å²) in [5.41, 5.74) is 6.19. The second-order valence-electron chi connectivity index (χ2n) is 6.03. The van der Waals surface area contributed by atoms with Crippen molar-refractivity contribution in [3.8, 4) is 0 Å². The molecule has 1 aliphatic heterocycles. The Morgan fingerprint density at radius 2 is 1.92 bits per heavy atom. The maximum Gasteiger partial charge on any atom is 0.312 e. The fourth-order valence-electron chi connectivity index (χ4n) is 2.82. The van der Waals surface area contributed by atoms with Gasteiger partial charge in [0.25, 0.3) is 0 Å². The summed E-state index contributed by atoms with van der Waals surface area (Å²) < 4.78 is 0. The third-order valence-electron chi connectivity index (χ3n) is 4.14. The van der Waals surface area contributed by atoms with Gasteiger partial charge in [-0.1, -0.05) is 23.7 Å². The van der Waals surface area contributed by atoms with E-state index in [0.29, 0.717) is 13.0 Å². The second kappa shape index (κ2) is 9.49. The van der Waals surface area contributed by atoms with Gasteiger partial charge in [0.15, 0.2) is 0 Å². The van der Waals surface area contributed by atoms with E-state index in [2.05, 4.69) is 16.3 Å². The molecule has 3 N–H and O–H groups in total. The van der Waals surface area contributed by atoms with E-state index in [9.17, 15) is 9.59 Å². The van der Waals surface area contributed by atoms with Crippen molar-refractivity contribution >= 4 is 23.5 Å². The van der Waals surface area contributed by atoms with Gasteiger partial charge in [0, 0.05) is 50.7 Å². The summed E-state index contributed by atoms with van der Waals surface area (Å²) in [5.74, 6) is 0.191. The highest BCUT2D eigenvalue weighted by molar-refractivity contribution is 6.30. The van der Waals surface area contributed by atoms with Crippen LogP contribution in [-0.2, 0) is 11.3 Å². The molecule has 0 radical (unpaired) electrons. The number of carbonyl (C=O) groups excluding carboxylic acids is 2. The number of urea groups is 1. The van der Waals surface area contributed by atoms with Gasteiger partial charge in [0.1, 0.15) is 0 Å². The molecule has 1 saturated heterocycles. The summed E-state index contributed by atoms with van der Waals surface area (Å²) in [5, 5.41) is 3.29. The smallest absolute Gasteiger partial charge is 0.312 e. The third kappa shape index (κ3) is 6.37. The summed E-state index contributed by atoms with van der Waals surface area (Å²) >= 11 is 6.01. The first kappa shape index (κ1) is 18.5. The van der Waals surface area contributed by atoms with Gasteiger partial charge in [-0.05, 0) is 30.5 Å². The van der Waals surface area contributed by atoms with Gasteiger partial charge in [-0.2, -0.15) is 0 Å². The van der Waals surface area contributed by atoms with Crippen molar-refractivity contribution in [2.75, 3.05) is 32.7 Å². The summed E-state index contributed by atoms with van der Waals surface area (Å²) in [6.45, 7) is 4.66. The number of carbonyl (C=O) groups is 2. The van der Waals surface area contributed by atoms with E-state index in [1.165, 1.54) is 5.56 Å². The fourth-order valence-corrected chi connectivity index (χ4v) is 3.03. The van der Waals surface area contributed by atoms with Gasteiger partial charge in [-0.15, -0.1) is 0 Å². The van der Waals surface area contributed by atoms with Crippen LogP contribution >= 0.6 is 11.6 Å². The molecular weight excluding hydrogens is 328 g/mol. The quantitative estimate of drug-likeness (QED) is 0.735. The van der Waals surface area contributed by atoms with Crippen molar-refractivity contribution in [2.24, 2.45) is 5.73 Å². The van der Waals surface area contributed by atoms with Crippen LogP contribution in [0.5, 0.6) is 0 Å². The van der Waals surface area contributed by atoms with E-state index in [-0.39, 0.29) is 5.91 Å². The highest BCUT2D eigenvalue weighted by Crippen LogP contribution is 2.14. The van der Waals surface area contributed by atoms with Crippen molar-refractivity contribution in [1.82, 2.24) is 15.1 Å². The predicted molar refractivity (Wildman–Crippen MR) is 94.7 cm³/mol. The zero-order valence-corrected chi connectivity index (χ0v) is 14.6. The van der Waals surface area contributed by atoms with Gasteiger partial charge in [-0.25, -0.2) is 4.79 Å². The lowest BCUT2D eigenvalue weighted by Gasteiger charge is -2.34. The highest BCUT2D eigenvalue weighted by atomic mass is 35.5. The van der Waals surface area contributed by atoms with Crippen LogP contribution in [0, 0.1) is 0 Å². The lowest BCUT2D eigenvalue weighted by atomic mass is 10.1. The van der Waals surface area contributed by atoms with Crippen LogP contribution in [0.1, 0.15) is 24.8 Å². The van der Waals surface area contributed by atoms with E-state index < -0.39 is 6.03 Å². The Morgan fingerprint density at radius 1 is 1.17 bits per heavy atom. The molecule has 0 bridgehead atoms. The molecule has 0 aliphatic carbocycles. The Labute approximate surface area is 147 Å². The van der Waals surface area contributed by atoms with E-state index in [4.69, 9.17) is 17.3 Å². The molecule has 1 heterocycles. The van der Waals surface area contributed by atoms with E-state index >= 15 is 0 Å². The first-order chi connectivity index (χ1) is 11.5. The van der Waals surface area contributed by atoms with Gasteiger partial charge < -0.3 is 16.0 Å². The average molecular weight is 353 g/mol. The molecule has 1 aromatic carbocycles. The number of nitrogens with two attached hydrogens (primary N) is 1. The zero-order valence-electron chi connectivity index (χ0n) is 13.8. The molecule has 0 atom stereocenters. The SMILES string of the molecule is NC(=O)NCCCCC(=O)N1CCN(Cc2cccc(Cl)c2)CC1. The number of hydrogen-bond donors (Lipinski definition) is 2. The molecule has 1 fully saturated rings. The van der Waals surface area contributed by atoms with Crippen molar-refractivity contribution in [3.63, 3.8) is 0 Å². The highest BCUT2D eigenvalue weighted by Gasteiger charge is 2.20. The largest absolute Gasteiger partial charge is 0.352 e. The Morgan fingerprint density at radius 3 is 2.58 bits per heavy atom. The van der Waals surface area contributed by atoms with Crippen molar-refractivity contribution in [1.29, 1.82) is 0 Å². The Balaban J connectivity index is 1.64. The maximum absolute atomic E-state index is 12.2. The molecule has 1 aromatic rings. The van der Waals surface area contributed by atoms with Crippen LogP contribution in [0.15, 0.2) is 24.3 Å². The van der Waals surface area contributed by atoms with Crippen LogP contribution in [-0.4, -0.2) is 54.5 Å². The number of unbranched alkanes of at least 4 members (excludes halogenated alkanes) is 1. The molecule has 0 saturated carbocycles. The number of benzene rings is 1. The van der Waals surface area contributed by atoms with Crippen LogP contribution in [0.3, 0.4) is 0 Å². The first-order valence-electron chi connectivity index (χ1n) is 8.32. The van der Waals surface area contributed by atoms with Crippen molar-refractivity contribution in [2.45, 2.75) is 25.8 Å². The molecule has 7 heteroatoms. The van der Waals surface area contributed by atoms with Crippen LogP contribution in [0.4, 0.5) is 4.79 Å². The molecule has 0 unspecified atom stereocenters. The average Bonchev–Trinajstić information content (AvgIpc) is 2.55. The monoisotopic (exact) mass is 352 g/mol. The van der Waals surface area contributed by atoms with E-state index in [1.54, 1.807) is 0 Å². The molecule has 3 amide bonds. The number of halogens is 1. The standard InChI is InChI=1S/C17H25ClN4O2/c18-15-5-3-4-14(12-15)13-21-8-10-22(11-9-21)16(23)6-1-2-7-20-17(19)24/h3-5,12H,1-2,6-11,13H2,(H3,19,20,24). The number of amides is 3. The molecule has 2 rings (SSSR count). The summed E-state index contributed by atoms with van der Waals surface area (Å²) in [4.78, 5) is 27.0. The molecule has 6 nitrogen and oxygen atoms in total. The van der Waals surface area contributed by atoms with Crippen molar-refractivity contribution < 1.29 is 9.59 Å². The topological polar surface area (TPSA) is 78.7 Å². The Kier molecular flexibility index (Phi) is 7.34. The minimum absolute atomic E-state index is 0.191. The second-order valence-corrected chi connectivity index (χ2v) is 6.47. The van der Waals surface area contributed by atoms with E-state index in [0.717, 1.165) is 50.6 Å². The minimum Gasteiger partial charge on any atom is -0.352 e. The van der Waals surface area contributed by atoms with E-state index in [1.807, 2.05) is 23.1 Å². The number of rotatable bonds is 7. The Bertz CT molecular complexity index is 559. The number of nitrogens with zero attached hydrogens (tertiary/aromatic N) is 2. The van der Waals surface area contributed by atoms with Crippen LogP contribution in [0.25, 0.3) is 0 Å². The lowest BCUT2D eigenvalue weighted by Crippen LogP contribution is -2.48. The van der Waals surface area contributed by atoms with Crippen LogP contribution < -0.4 is 11.1 Å². The molecule has 1 aliphatic rings. The number of hydrogen-bond acceptors (Lipinski definition) is 3. The summed E-state index contributed by atoms with van der Waals surface area (Å²) in [6.07, 6.45) is 2.06. The van der Waals surface area contributed by atoms with Gasteiger partial charge in [0.2, 0.25) is 5.91 Å². The van der Waals surface area contributed by atoms with Crippen molar-refractivity contribution in [3.05, 3.63) is 34.9 Å². The fraction of sp³-hybridized carbons (Fsp3) is 0.529. The molecule has 0 aromatic heterocycles. The molecule has 132 valence electrons. The molecule has 24 heavy (non-hydrogen) atoms. The lowest BCUT2D eigenvalue weighted by molar-refractivity contribution is -0.133. The van der Waals surface area contributed by atoms with Gasteiger partial charge in [0.05, 0.1) is 0 Å². The number of primary amides is 1. The van der Waals surface area contributed by atoms with Gasteiger partial charge in [-0.3, -0.25) is 9.69 Å². The zero-order chi connectivity index (χ0) is 17.4. The van der Waals surface area contributed by atoms with Crippen LogP contribution in [0.2, 0.25) is 5.02 Å². The number of nitrogens with one attached hydrogen (secondary N) is 1. The minimum atomic E-state index is -0.517. The summed E-state index contributed by atoms with van der Waals surface area (Å²) in [6, 6.07) is 7.38. The van der Waals surface area contributed by atoms with Gasteiger partial charge >= 0.3 is 6.03 Å². The maximum atomic E-state index is 12.2. The predicted octanol–water partition coefficient (Wildman–Crippen LogP) is 1.82. The summed E-state index contributed by atoms with van der Waals surface area (Å²) in [7, 11) is 0. The third-order valence-corrected chi connectivity index (χ3v) is 4.37.